The average molecular weight is 248 g/mol. The highest BCUT2D eigenvalue weighted by Gasteiger charge is 2.42. The number of carbonyl (C=O) groups excluding carboxylic acids is 2. The predicted octanol–water partition coefficient (Wildman–Crippen LogP) is 3.35. The smallest absolute Gasteiger partial charge is 0.208 e. The number of ketones is 2. The second-order valence-electron chi connectivity index (χ2n) is 5.63. The molecule has 1 aliphatic rings. The molecule has 0 N–H and O–H groups in total. The molecule has 18 heavy (non-hydrogen) atoms. The summed E-state index contributed by atoms with van der Waals surface area (Å²) in [4.78, 5) is 24.8. The van der Waals surface area contributed by atoms with Gasteiger partial charge in [0.1, 0.15) is 5.78 Å². The second-order valence-corrected chi connectivity index (χ2v) is 5.63. The minimum Gasteiger partial charge on any atom is -0.461 e. The van der Waals surface area contributed by atoms with E-state index < -0.39 is 5.92 Å². The van der Waals surface area contributed by atoms with E-state index in [9.17, 15) is 9.59 Å². The van der Waals surface area contributed by atoms with E-state index in [1.165, 1.54) is 6.26 Å². The summed E-state index contributed by atoms with van der Waals surface area (Å²) in [5.41, 5.74) is 0. The fourth-order valence-corrected chi connectivity index (χ4v) is 2.88. The highest BCUT2D eigenvalue weighted by Crippen LogP contribution is 2.36. The van der Waals surface area contributed by atoms with Gasteiger partial charge in [-0.15, -0.1) is 0 Å². The summed E-state index contributed by atoms with van der Waals surface area (Å²) >= 11 is 0. The Bertz CT molecular complexity index is 431. The van der Waals surface area contributed by atoms with E-state index in [1.807, 2.05) is 20.8 Å². The topological polar surface area (TPSA) is 47.3 Å². The summed E-state index contributed by atoms with van der Waals surface area (Å²) in [6.45, 7) is 6.08. The quantitative estimate of drug-likeness (QED) is 0.608. The van der Waals surface area contributed by atoms with Crippen LogP contribution in [0.15, 0.2) is 22.8 Å². The number of furan rings is 1. The molecule has 0 aliphatic heterocycles. The molecule has 2 rings (SSSR count). The first-order valence-electron chi connectivity index (χ1n) is 6.63. The zero-order chi connectivity index (χ0) is 13.3. The summed E-state index contributed by atoms with van der Waals surface area (Å²) in [6, 6.07) is 3.33. The minimum absolute atomic E-state index is 0.0186. The Kier molecular flexibility index (Phi) is 3.69. The van der Waals surface area contributed by atoms with Crippen LogP contribution in [0.5, 0.6) is 0 Å². The molecule has 1 saturated carbocycles. The van der Waals surface area contributed by atoms with Gasteiger partial charge in [-0.05, 0) is 36.8 Å². The number of hydrogen-bond acceptors (Lipinski definition) is 3. The molecule has 98 valence electrons. The van der Waals surface area contributed by atoms with Gasteiger partial charge in [-0.3, -0.25) is 9.59 Å². The van der Waals surface area contributed by atoms with Crippen molar-refractivity contribution in [3.63, 3.8) is 0 Å². The molecule has 1 aromatic rings. The van der Waals surface area contributed by atoms with Crippen LogP contribution in [-0.2, 0) is 4.79 Å². The average Bonchev–Trinajstić information content (AvgIpc) is 2.81. The Hall–Kier alpha value is -1.38. The van der Waals surface area contributed by atoms with Gasteiger partial charge in [0, 0.05) is 5.92 Å². The number of Topliss-reactive ketones (excluding diaryl/α,β-unsaturated/α-hetero) is 2. The van der Waals surface area contributed by atoms with Crippen LogP contribution in [0.2, 0.25) is 0 Å². The SMILES string of the molecule is CC(C)C1CCC(C)C(C(=O)c2ccco2)C1=O. The second kappa shape index (κ2) is 5.09. The van der Waals surface area contributed by atoms with Crippen molar-refractivity contribution in [2.45, 2.75) is 33.6 Å². The first-order chi connectivity index (χ1) is 8.52. The van der Waals surface area contributed by atoms with Gasteiger partial charge in [-0.2, -0.15) is 0 Å². The van der Waals surface area contributed by atoms with Crippen LogP contribution >= 0.6 is 0 Å². The van der Waals surface area contributed by atoms with Crippen LogP contribution in [0.4, 0.5) is 0 Å². The zero-order valence-corrected chi connectivity index (χ0v) is 11.2. The van der Waals surface area contributed by atoms with E-state index in [2.05, 4.69) is 0 Å². The van der Waals surface area contributed by atoms with E-state index >= 15 is 0 Å². The van der Waals surface area contributed by atoms with Gasteiger partial charge in [-0.1, -0.05) is 20.8 Å². The molecule has 0 bridgehead atoms. The summed E-state index contributed by atoms with van der Waals surface area (Å²) < 4.78 is 5.14. The van der Waals surface area contributed by atoms with Crippen LogP contribution in [0.1, 0.15) is 44.2 Å². The molecule has 0 amide bonds. The fourth-order valence-electron chi connectivity index (χ4n) is 2.88. The largest absolute Gasteiger partial charge is 0.461 e. The normalized spacial score (nSPS) is 28.7. The molecule has 0 spiro atoms. The molecule has 1 fully saturated rings. The zero-order valence-electron chi connectivity index (χ0n) is 11.2. The summed E-state index contributed by atoms with van der Waals surface area (Å²) in [5, 5.41) is 0. The van der Waals surface area contributed by atoms with Crippen molar-refractivity contribution < 1.29 is 14.0 Å². The first kappa shape index (κ1) is 13.1. The summed E-state index contributed by atoms with van der Waals surface area (Å²) in [5.74, 6) is 0.182. The molecule has 1 aliphatic carbocycles. The lowest BCUT2D eigenvalue weighted by Gasteiger charge is -2.33. The highest BCUT2D eigenvalue weighted by molar-refractivity contribution is 6.10. The Morgan fingerprint density at radius 3 is 2.67 bits per heavy atom. The Morgan fingerprint density at radius 2 is 2.11 bits per heavy atom. The number of hydrogen-bond donors (Lipinski definition) is 0. The monoisotopic (exact) mass is 248 g/mol. The van der Waals surface area contributed by atoms with Crippen molar-refractivity contribution in [2.75, 3.05) is 0 Å². The van der Waals surface area contributed by atoms with Gasteiger partial charge >= 0.3 is 0 Å². The molecule has 3 atom stereocenters. The summed E-state index contributed by atoms with van der Waals surface area (Å²) in [6.07, 6.45) is 3.32. The van der Waals surface area contributed by atoms with Crippen LogP contribution in [0.3, 0.4) is 0 Å². The van der Waals surface area contributed by atoms with Gasteiger partial charge in [-0.25, -0.2) is 0 Å². The van der Waals surface area contributed by atoms with Gasteiger partial charge < -0.3 is 4.42 Å². The van der Waals surface area contributed by atoms with E-state index in [-0.39, 0.29) is 23.4 Å². The Labute approximate surface area is 108 Å². The maximum Gasteiger partial charge on any atom is 0.208 e. The molecule has 1 aromatic heterocycles. The molecule has 3 heteroatoms. The van der Waals surface area contributed by atoms with Gasteiger partial charge in [0.05, 0.1) is 12.2 Å². The molecule has 1 heterocycles. The molecule has 0 radical (unpaired) electrons. The number of carbonyl (C=O) groups is 2. The molecule has 0 aromatic carbocycles. The maximum absolute atomic E-state index is 12.5. The standard InChI is InChI=1S/C15H20O3/c1-9(2)11-7-6-10(3)13(14(11)16)15(17)12-5-4-8-18-12/h4-5,8-11,13H,6-7H2,1-3H3. The third-order valence-electron chi connectivity index (χ3n) is 4.03. The number of rotatable bonds is 3. The van der Waals surface area contributed by atoms with Gasteiger partial charge in [0.25, 0.3) is 0 Å². The van der Waals surface area contributed by atoms with Crippen molar-refractivity contribution in [2.24, 2.45) is 23.7 Å². The van der Waals surface area contributed by atoms with Crippen molar-refractivity contribution in [3.8, 4) is 0 Å². The van der Waals surface area contributed by atoms with Crippen molar-refractivity contribution in [3.05, 3.63) is 24.2 Å². The van der Waals surface area contributed by atoms with E-state index in [0.717, 1.165) is 12.8 Å². The lowest BCUT2D eigenvalue weighted by molar-refractivity contribution is -0.130. The Morgan fingerprint density at radius 1 is 1.39 bits per heavy atom. The highest BCUT2D eigenvalue weighted by atomic mass is 16.3. The van der Waals surface area contributed by atoms with Crippen LogP contribution < -0.4 is 0 Å². The maximum atomic E-state index is 12.5. The third kappa shape index (κ3) is 2.26. The molecular weight excluding hydrogens is 228 g/mol. The molecule has 3 nitrogen and oxygen atoms in total. The van der Waals surface area contributed by atoms with Crippen LogP contribution in [-0.4, -0.2) is 11.6 Å². The van der Waals surface area contributed by atoms with Crippen molar-refractivity contribution in [1.29, 1.82) is 0 Å². The molecule has 0 saturated heterocycles. The minimum atomic E-state index is -0.516. The lowest BCUT2D eigenvalue weighted by atomic mass is 9.68. The van der Waals surface area contributed by atoms with Crippen molar-refractivity contribution in [1.82, 2.24) is 0 Å². The third-order valence-corrected chi connectivity index (χ3v) is 4.03. The van der Waals surface area contributed by atoms with E-state index in [0.29, 0.717) is 11.7 Å². The van der Waals surface area contributed by atoms with Gasteiger partial charge in [0.15, 0.2) is 5.76 Å². The molecular formula is C15H20O3. The lowest BCUT2D eigenvalue weighted by Crippen LogP contribution is -2.40. The van der Waals surface area contributed by atoms with E-state index in [4.69, 9.17) is 4.42 Å². The predicted molar refractivity (Wildman–Crippen MR) is 68.3 cm³/mol. The first-order valence-corrected chi connectivity index (χ1v) is 6.63. The van der Waals surface area contributed by atoms with Crippen molar-refractivity contribution >= 4 is 11.6 Å². The van der Waals surface area contributed by atoms with Gasteiger partial charge in [0.2, 0.25) is 5.78 Å². The summed E-state index contributed by atoms with van der Waals surface area (Å²) in [7, 11) is 0. The Balaban J connectivity index is 2.24. The van der Waals surface area contributed by atoms with Crippen LogP contribution in [0, 0.1) is 23.7 Å². The van der Waals surface area contributed by atoms with E-state index in [1.54, 1.807) is 12.1 Å². The molecule has 3 unspecified atom stereocenters. The van der Waals surface area contributed by atoms with Crippen LogP contribution in [0.25, 0.3) is 0 Å². The fraction of sp³-hybridized carbons (Fsp3) is 0.600.